The number of aromatic nitrogens is 1. The van der Waals surface area contributed by atoms with Gasteiger partial charge in [-0.05, 0) is 6.42 Å². The number of carboxylic acids is 1. The number of methoxy groups -OCH3 is 1. The van der Waals surface area contributed by atoms with E-state index in [9.17, 15) is 14.9 Å². The largest absolute Gasteiger partial charge is 0.477 e. The standard InChI is InChI=1S/C11H15N3O5/c1-3-7(6-19-2)13-10-4-8(11(15)16)9(5-12-10)14(17)18/h4-5,7H,3,6H2,1-2H3,(H,12,13)(H,15,16). The van der Waals surface area contributed by atoms with Gasteiger partial charge in [0.25, 0.3) is 0 Å². The monoisotopic (exact) mass is 269 g/mol. The van der Waals surface area contributed by atoms with Crippen molar-refractivity contribution < 1.29 is 19.6 Å². The summed E-state index contributed by atoms with van der Waals surface area (Å²) in [6.07, 6.45) is 1.68. The lowest BCUT2D eigenvalue weighted by Gasteiger charge is -2.16. The van der Waals surface area contributed by atoms with Gasteiger partial charge in [-0.3, -0.25) is 10.1 Å². The number of aromatic carboxylic acids is 1. The Bertz CT molecular complexity index is 477. The van der Waals surface area contributed by atoms with Crippen LogP contribution in [0.15, 0.2) is 12.3 Å². The van der Waals surface area contributed by atoms with E-state index in [1.54, 1.807) is 7.11 Å². The molecule has 1 atom stereocenters. The van der Waals surface area contributed by atoms with Gasteiger partial charge >= 0.3 is 11.7 Å². The van der Waals surface area contributed by atoms with Crippen LogP contribution in [0.5, 0.6) is 0 Å². The molecule has 1 aromatic heterocycles. The lowest BCUT2D eigenvalue weighted by molar-refractivity contribution is -0.385. The molecule has 1 aromatic rings. The highest BCUT2D eigenvalue weighted by Crippen LogP contribution is 2.20. The van der Waals surface area contributed by atoms with Gasteiger partial charge in [0.2, 0.25) is 0 Å². The minimum absolute atomic E-state index is 0.0411. The van der Waals surface area contributed by atoms with Gasteiger partial charge in [-0.2, -0.15) is 0 Å². The van der Waals surface area contributed by atoms with Crippen molar-refractivity contribution in [3.63, 3.8) is 0 Å². The summed E-state index contributed by atoms with van der Waals surface area (Å²) in [4.78, 5) is 24.7. The van der Waals surface area contributed by atoms with E-state index in [0.717, 1.165) is 18.7 Å². The smallest absolute Gasteiger partial charge is 0.342 e. The molecule has 0 aliphatic heterocycles. The number of hydrogen-bond acceptors (Lipinski definition) is 6. The zero-order valence-corrected chi connectivity index (χ0v) is 10.6. The van der Waals surface area contributed by atoms with E-state index in [2.05, 4.69) is 10.3 Å². The Kier molecular flexibility index (Phi) is 5.19. The number of carboxylic acid groups (broad SMARTS) is 1. The first-order valence-electron chi connectivity index (χ1n) is 5.62. The SMILES string of the molecule is CCC(COC)Nc1cc(C(=O)O)c([N+](=O)[O-])cn1. The van der Waals surface area contributed by atoms with Gasteiger partial charge in [0, 0.05) is 13.2 Å². The number of carbonyl (C=O) groups is 1. The lowest BCUT2D eigenvalue weighted by atomic mass is 10.2. The Morgan fingerprint density at radius 2 is 2.37 bits per heavy atom. The van der Waals surface area contributed by atoms with E-state index < -0.39 is 22.1 Å². The second kappa shape index (κ2) is 6.64. The highest BCUT2D eigenvalue weighted by molar-refractivity contribution is 5.93. The molecule has 0 aliphatic carbocycles. The second-order valence-electron chi connectivity index (χ2n) is 3.85. The molecule has 0 fully saturated rings. The van der Waals surface area contributed by atoms with Crippen LogP contribution in [-0.4, -0.2) is 40.7 Å². The molecule has 0 amide bonds. The van der Waals surface area contributed by atoms with Gasteiger partial charge in [0.15, 0.2) is 0 Å². The van der Waals surface area contributed by atoms with Crippen molar-refractivity contribution in [1.82, 2.24) is 4.98 Å². The Morgan fingerprint density at radius 3 is 2.84 bits per heavy atom. The molecule has 0 saturated heterocycles. The number of pyridine rings is 1. The molecule has 0 bridgehead atoms. The molecule has 0 radical (unpaired) electrons. The first-order chi connectivity index (χ1) is 8.99. The van der Waals surface area contributed by atoms with E-state index in [-0.39, 0.29) is 11.9 Å². The van der Waals surface area contributed by atoms with Crippen LogP contribution in [0.4, 0.5) is 11.5 Å². The fraction of sp³-hybridized carbons (Fsp3) is 0.455. The number of rotatable bonds is 7. The number of ether oxygens (including phenoxy) is 1. The maximum absolute atomic E-state index is 11.0. The van der Waals surface area contributed by atoms with Gasteiger partial charge in [-0.15, -0.1) is 0 Å². The third-order valence-corrected chi connectivity index (χ3v) is 2.52. The first kappa shape index (κ1) is 14.8. The van der Waals surface area contributed by atoms with Crippen LogP contribution in [0.3, 0.4) is 0 Å². The Morgan fingerprint density at radius 1 is 1.68 bits per heavy atom. The molecule has 1 heterocycles. The Labute approximate surface area is 109 Å². The number of hydrogen-bond donors (Lipinski definition) is 2. The van der Waals surface area contributed by atoms with Gasteiger partial charge in [0.1, 0.15) is 17.6 Å². The molecule has 8 heteroatoms. The van der Waals surface area contributed by atoms with Crippen molar-refractivity contribution >= 4 is 17.5 Å². The molecule has 0 spiro atoms. The summed E-state index contributed by atoms with van der Waals surface area (Å²) >= 11 is 0. The summed E-state index contributed by atoms with van der Waals surface area (Å²) in [7, 11) is 1.55. The lowest BCUT2D eigenvalue weighted by Crippen LogP contribution is -2.24. The van der Waals surface area contributed by atoms with E-state index in [4.69, 9.17) is 9.84 Å². The average Bonchev–Trinajstić information content (AvgIpc) is 2.37. The van der Waals surface area contributed by atoms with Crippen molar-refractivity contribution in [2.24, 2.45) is 0 Å². The van der Waals surface area contributed by atoms with Crippen molar-refractivity contribution in [3.8, 4) is 0 Å². The van der Waals surface area contributed by atoms with Crippen LogP contribution in [0.1, 0.15) is 23.7 Å². The fourth-order valence-corrected chi connectivity index (χ4v) is 1.52. The summed E-state index contributed by atoms with van der Waals surface area (Å²) < 4.78 is 4.99. The van der Waals surface area contributed by atoms with Gasteiger partial charge in [0.05, 0.1) is 17.6 Å². The Hall–Kier alpha value is -2.22. The second-order valence-corrected chi connectivity index (χ2v) is 3.85. The minimum atomic E-state index is -1.36. The zero-order valence-electron chi connectivity index (χ0n) is 10.6. The normalized spacial score (nSPS) is 11.9. The minimum Gasteiger partial charge on any atom is -0.477 e. The number of nitrogens with one attached hydrogen (secondary N) is 1. The van der Waals surface area contributed by atoms with Crippen molar-refractivity contribution in [3.05, 3.63) is 27.9 Å². The van der Waals surface area contributed by atoms with E-state index in [0.29, 0.717) is 6.61 Å². The Balaban J connectivity index is 3.01. The molecule has 0 aliphatic rings. The van der Waals surface area contributed by atoms with Crippen molar-refractivity contribution in [2.75, 3.05) is 19.0 Å². The molecule has 8 nitrogen and oxygen atoms in total. The zero-order chi connectivity index (χ0) is 14.4. The third-order valence-electron chi connectivity index (χ3n) is 2.52. The third kappa shape index (κ3) is 3.88. The molecular formula is C11H15N3O5. The van der Waals surface area contributed by atoms with E-state index in [1.165, 1.54) is 0 Å². The maximum Gasteiger partial charge on any atom is 0.342 e. The fourth-order valence-electron chi connectivity index (χ4n) is 1.52. The molecule has 0 aromatic carbocycles. The quantitative estimate of drug-likeness (QED) is 0.569. The van der Waals surface area contributed by atoms with Crippen LogP contribution in [0.2, 0.25) is 0 Å². The highest BCUT2D eigenvalue weighted by atomic mass is 16.6. The summed E-state index contributed by atoms with van der Waals surface area (Å²) in [6.45, 7) is 2.36. The number of anilines is 1. The van der Waals surface area contributed by atoms with Gasteiger partial charge in [-0.1, -0.05) is 6.92 Å². The topological polar surface area (TPSA) is 115 Å². The van der Waals surface area contributed by atoms with Crippen molar-refractivity contribution in [2.45, 2.75) is 19.4 Å². The molecular weight excluding hydrogens is 254 g/mol. The predicted octanol–water partition coefficient (Wildman–Crippen LogP) is 1.52. The maximum atomic E-state index is 11.0. The first-order valence-corrected chi connectivity index (χ1v) is 5.62. The highest BCUT2D eigenvalue weighted by Gasteiger charge is 2.21. The van der Waals surface area contributed by atoms with E-state index >= 15 is 0 Å². The van der Waals surface area contributed by atoms with E-state index in [1.807, 2.05) is 6.92 Å². The van der Waals surface area contributed by atoms with Crippen LogP contribution in [0.25, 0.3) is 0 Å². The van der Waals surface area contributed by atoms with Crippen LogP contribution < -0.4 is 5.32 Å². The summed E-state index contributed by atoms with van der Waals surface area (Å²) in [6, 6.07) is 1.11. The molecule has 1 unspecified atom stereocenters. The van der Waals surface area contributed by atoms with Crippen LogP contribution in [-0.2, 0) is 4.74 Å². The summed E-state index contributed by atoms with van der Waals surface area (Å²) in [5.74, 6) is -1.09. The summed E-state index contributed by atoms with van der Waals surface area (Å²) in [5.41, 5.74) is -0.924. The molecule has 1 rings (SSSR count). The number of nitro groups is 1. The molecule has 104 valence electrons. The predicted molar refractivity (Wildman–Crippen MR) is 67.4 cm³/mol. The summed E-state index contributed by atoms with van der Waals surface area (Å²) in [5, 5.41) is 22.6. The van der Waals surface area contributed by atoms with Gasteiger partial charge in [-0.25, -0.2) is 9.78 Å². The molecule has 0 saturated carbocycles. The molecule has 19 heavy (non-hydrogen) atoms. The number of nitrogens with zero attached hydrogens (tertiary/aromatic N) is 2. The van der Waals surface area contributed by atoms with Crippen LogP contribution in [0, 0.1) is 10.1 Å². The van der Waals surface area contributed by atoms with Gasteiger partial charge < -0.3 is 15.2 Å². The van der Waals surface area contributed by atoms with Crippen molar-refractivity contribution in [1.29, 1.82) is 0 Å². The average molecular weight is 269 g/mol. The molecule has 2 N–H and O–H groups in total. The van der Waals surface area contributed by atoms with Crippen LogP contribution >= 0.6 is 0 Å².